The molecule has 0 saturated heterocycles. The summed E-state index contributed by atoms with van der Waals surface area (Å²) < 4.78 is 2.87. The van der Waals surface area contributed by atoms with Crippen molar-refractivity contribution in [1.29, 1.82) is 0 Å². The van der Waals surface area contributed by atoms with Gasteiger partial charge in [-0.05, 0) is 24.3 Å². The molecule has 1 aliphatic heterocycles. The molecular weight excluding hydrogens is 282 g/mol. The molecule has 86 valence electrons. The molecule has 3 rings (SSSR count). The third-order valence-corrected chi connectivity index (χ3v) is 3.43. The number of fused-ring (bicyclic) bond motifs is 1. The maximum absolute atomic E-state index is 11.0. The van der Waals surface area contributed by atoms with Crippen molar-refractivity contribution in [1.82, 2.24) is 15.1 Å². The number of hydrogen-bond acceptors (Lipinski definition) is 3. The van der Waals surface area contributed by atoms with Crippen LogP contribution in [-0.2, 0) is 13.1 Å². The van der Waals surface area contributed by atoms with Gasteiger partial charge >= 0.3 is 0 Å². The Morgan fingerprint density at radius 3 is 2.76 bits per heavy atom. The first-order valence-electron chi connectivity index (χ1n) is 5.32. The van der Waals surface area contributed by atoms with E-state index in [0.717, 1.165) is 40.8 Å². The molecular formula is C12H10BrN3O. The summed E-state index contributed by atoms with van der Waals surface area (Å²) >= 11 is 3.40. The van der Waals surface area contributed by atoms with Crippen molar-refractivity contribution in [3.63, 3.8) is 0 Å². The van der Waals surface area contributed by atoms with Crippen LogP contribution >= 0.6 is 15.9 Å². The third kappa shape index (κ3) is 1.71. The van der Waals surface area contributed by atoms with E-state index in [-0.39, 0.29) is 0 Å². The number of aromatic nitrogens is 2. The van der Waals surface area contributed by atoms with Crippen molar-refractivity contribution < 1.29 is 4.79 Å². The number of nitrogens with zero attached hydrogens (tertiary/aromatic N) is 2. The molecule has 0 unspecified atom stereocenters. The van der Waals surface area contributed by atoms with E-state index in [4.69, 9.17) is 0 Å². The van der Waals surface area contributed by atoms with Crippen molar-refractivity contribution in [2.75, 3.05) is 0 Å². The minimum Gasteiger partial charge on any atom is -0.307 e. The second kappa shape index (κ2) is 4.09. The summed E-state index contributed by atoms with van der Waals surface area (Å²) in [5.41, 5.74) is 3.60. The minimum atomic E-state index is 0.535. The summed E-state index contributed by atoms with van der Waals surface area (Å²) in [6.45, 7) is 1.48. The van der Waals surface area contributed by atoms with E-state index in [0.29, 0.717) is 5.69 Å². The summed E-state index contributed by atoms with van der Waals surface area (Å²) in [6.07, 6.45) is 0.821. The monoisotopic (exact) mass is 291 g/mol. The Labute approximate surface area is 107 Å². The average Bonchev–Trinajstić information content (AvgIpc) is 2.91. The summed E-state index contributed by atoms with van der Waals surface area (Å²) in [4.78, 5) is 11.0. The van der Waals surface area contributed by atoms with Crippen LogP contribution in [0.25, 0.3) is 5.69 Å². The highest BCUT2D eigenvalue weighted by molar-refractivity contribution is 9.10. The van der Waals surface area contributed by atoms with Crippen LogP contribution in [0.3, 0.4) is 0 Å². The Kier molecular flexibility index (Phi) is 2.57. The summed E-state index contributed by atoms with van der Waals surface area (Å²) in [7, 11) is 0. The number of halogens is 1. The predicted octanol–water partition coefficient (Wildman–Crippen LogP) is 2.05. The molecule has 0 aliphatic carbocycles. The van der Waals surface area contributed by atoms with E-state index in [1.807, 2.05) is 28.9 Å². The van der Waals surface area contributed by atoms with Gasteiger partial charge in [-0.3, -0.25) is 4.79 Å². The van der Waals surface area contributed by atoms with E-state index < -0.39 is 0 Å². The van der Waals surface area contributed by atoms with Gasteiger partial charge in [0.25, 0.3) is 0 Å². The SMILES string of the molecule is O=Cc1nn(-c2ccc(Br)cc2)c2c1CNC2. The highest BCUT2D eigenvalue weighted by Gasteiger charge is 2.22. The van der Waals surface area contributed by atoms with Gasteiger partial charge in [-0.15, -0.1) is 0 Å². The summed E-state index contributed by atoms with van der Waals surface area (Å²) in [5.74, 6) is 0. The van der Waals surface area contributed by atoms with Gasteiger partial charge in [-0.2, -0.15) is 5.10 Å². The van der Waals surface area contributed by atoms with Crippen LogP contribution in [-0.4, -0.2) is 16.1 Å². The molecule has 0 saturated carbocycles. The number of carbonyl (C=O) groups excluding carboxylic acids is 1. The molecule has 0 radical (unpaired) electrons. The Hall–Kier alpha value is -1.46. The molecule has 0 amide bonds. The van der Waals surface area contributed by atoms with E-state index in [1.165, 1.54) is 0 Å². The molecule has 2 aromatic rings. The van der Waals surface area contributed by atoms with Crippen LogP contribution in [0.1, 0.15) is 21.7 Å². The van der Waals surface area contributed by atoms with Crippen LogP contribution in [0.5, 0.6) is 0 Å². The molecule has 0 fully saturated rings. The fraction of sp³-hybridized carbons (Fsp3) is 0.167. The Balaban J connectivity index is 2.15. The highest BCUT2D eigenvalue weighted by atomic mass is 79.9. The van der Waals surface area contributed by atoms with Crippen LogP contribution in [0, 0.1) is 0 Å². The molecule has 0 atom stereocenters. The fourth-order valence-electron chi connectivity index (χ4n) is 2.07. The molecule has 1 aliphatic rings. The first-order valence-corrected chi connectivity index (χ1v) is 6.11. The van der Waals surface area contributed by atoms with Gasteiger partial charge in [0.05, 0.1) is 11.4 Å². The van der Waals surface area contributed by atoms with E-state index in [2.05, 4.69) is 26.3 Å². The zero-order valence-electron chi connectivity index (χ0n) is 8.98. The maximum atomic E-state index is 11.0. The topological polar surface area (TPSA) is 46.9 Å². The first-order chi connectivity index (χ1) is 8.29. The van der Waals surface area contributed by atoms with E-state index in [1.54, 1.807) is 0 Å². The van der Waals surface area contributed by atoms with Crippen molar-refractivity contribution in [3.05, 3.63) is 45.7 Å². The zero-order valence-corrected chi connectivity index (χ0v) is 10.6. The van der Waals surface area contributed by atoms with E-state index in [9.17, 15) is 4.79 Å². The average molecular weight is 292 g/mol. The van der Waals surface area contributed by atoms with Gasteiger partial charge in [0.2, 0.25) is 0 Å². The molecule has 1 N–H and O–H groups in total. The quantitative estimate of drug-likeness (QED) is 0.862. The highest BCUT2D eigenvalue weighted by Crippen LogP contribution is 2.23. The Bertz CT molecular complexity index is 574. The molecule has 1 aromatic carbocycles. The number of benzene rings is 1. The molecule has 5 heteroatoms. The Morgan fingerprint density at radius 1 is 1.29 bits per heavy atom. The molecule has 17 heavy (non-hydrogen) atoms. The second-order valence-corrected chi connectivity index (χ2v) is 4.84. The van der Waals surface area contributed by atoms with Crippen LogP contribution < -0.4 is 5.32 Å². The van der Waals surface area contributed by atoms with Crippen molar-refractivity contribution in [2.45, 2.75) is 13.1 Å². The molecule has 1 aromatic heterocycles. The standard InChI is InChI=1S/C12H10BrN3O/c13-8-1-3-9(4-2-8)16-12-6-14-5-10(12)11(7-17)15-16/h1-4,7,14H,5-6H2. The lowest BCUT2D eigenvalue weighted by Crippen LogP contribution is -2.08. The maximum Gasteiger partial charge on any atom is 0.170 e. The van der Waals surface area contributed by atoms with Gasteiger partial charge < -0.3 is 5.32 Å². The van der Waals surface area contributed by atoms with Crippen molar-refractivity contribution in [3.8, 4) is 5.69 Å². The summed E-state index contributed by atoms with van der Waals surface area (Å²) in [5, 5.41) is 7.58. The van der Waals surface area contributed by atoms with Crippen molar-refractivity contribution >= 4 is 22.2 Å². The lowest BCUT2D eigenvalue weighted by atomic mass is 10.2. The molecule has 0 bridgehead atoms. The second-order valence-electron chi connectivity index (χ2n) is 3.92. The molecule has 4 nitrogen and oxygen atoms in total. The normalized spacial score (nSPS) is 13.7. The lowest BCUT2D eigenvalue weighted by Gasteiger charge is -2.05. The fourth-order valence-corrected chi connectivity index (χ4v) is 2.34. The third-order valence-electron chi connectivity index (χ3n) is 2.90. The smallest absolute Gasteiger partial charge is 0.170 e. The predicted molar refractivity (Wildman–Crippen MR) is 67.2 cm³/mol. The molecule has 0 spiro atoms. The van der Waals surface area contributed by atoms with Crippen LogP contribution in [0.2, 0.25) is 0 Å². The van der Waals surface area contributed by atoms with Gasteiger partial charge in [0.15, 0.2) is 6.29 Å². The van der Waals surface area contributed by atoms with Gasteiger partial charge in [0, 0.05) is 23.1 Å². The van der Waals surface area contributed by atoms with Gasteiger partial charge in [0.1, 0.15) is 5.69 Å². The first kappa shape index (κ1) is 10.7. The van der Waals surface area contributed by atoms with Gasteiger partial charge in [-0.1, -0.05) is 15.9 Å². The largest absolute Gasteiger partial charge is 0.307 e. The lowest BCUT2D eigenvalue weighted by molar-refractivity contribution is 0.111. The number of aldehydes is 1. The molecule has 2 heterocycles. The van der Waals surface area contributed by atoms with Crippen molar-refractivity contribution in [2.24, 2.45) is 0 Å². The number of rotatable bonds is 2. The zero-order chi connectivity index (χ0) is 11.8. The summed E-state index contributed by atoms with van der Waals surface area (Å²) in [6, 6.07) is 7.88. The van der Waals surface area contributed by atoms with Crippen LogP contribution in [0.15, 0.2) is 28.7 Å². The van der Waals surface area contributed by atoms with E-state index >= 15 is 0 Å². The minimum absolute atomic E-state index is 0.535. The number of nitrogens with one attached hydrogen (secondary N) is 1. The number of hydrogen-bond donors (Lipinski definition) is 1. The van der Waals surface area contributed by atoms with Crippen LogP contribution in [0.4, 0.5) is 0 Å². The number of carbonyl (C=O) groups is 1. The Morgan fingerprint density at radius 2 is 2.06 bits per heavy atom. The van der Waals surface area contributed by atoms with Gasteiger partial charge in [-0.25, -0.2) is 4.68 Å².